The van der Waals surface area contributed by atoms with Gasteiger partial charge in [-0.05, 0) is 23.6 Å². The van der Waals surface area contributed by atoms with Crippen LogP contribution in [0.5, 0.6) is 11.5 Å². The first kappa shape index (κ1) is 13.2. The lowest BCUT2D eigenvalue weighted by atomic mass is 10.0. The molecule has 0 aromatic heterocycles. The zero-order valence-electron chi connectivity index (χ0n) is 12.0. The van der Waals surface area contributed by atoms with Gasteiger partial charge in [0.05, 0.1) is 20.3 Å². The van der Waals surface area contributed by atoms with Crippen LogP contribution in [0.3, 0.4) is 0 Å². The summed E-state index contributed by atoms with van der Waals surface area (Å²) in [5, 5.41) is 0. The number of benzene rings is 1. The fourth-order valence-electron chi connectivity index (χ4n) is 3.39. The molecule has 3 rings (SSSR count). The summed E-state index contributed by atoms with van der Waals surface area (Å²) in [5.74, 6) is 2.36. The number of methoxy groups -OCH3 is 2. The molecule has 20 heavy (non-hydrogen) atoms. The van der Waals surface area contributed by atoms with E-state index in [9.17, 15) is 4.79 Å². The Hall–Kier alpha value is -1.75. The number of likely N-dealkylation sites (tertiary alicyclic amines) is 1. The van der Waals surface area contributed by atoms with Gasteiger partial charge in [-0.25, -0.2) is 0 Å². The molecule has 5 nitrogen and oxygen atoms in total. The molecule has 0 radical (unpaired) electrons. The third-order valence-corrected chi connectivity index (χ3v) is 4.52. The number of rotatable bonds is 3. The molecule has 1 saturated heterocycles. The van der Waals surface area contributed by atoms with Gasteiger partial charge in [-0.2, -0.15) is 0 Å². The Balaban J connectivity index is 1.99. The predicted octanol–water partition coefficient (Wildman–Crippen LogP) is 1.18. The van der Waals surface area contributed by atoms with Crippen LogP contribution in [-0.2, 0) is 4.79 Å². The van der Waals surface area contributed by atoms with Crippen LogP contribution in [0.4, 0.5) is 0 Å². The molecule has 1 saturated carbocycles. The second kappa shape index (κ2) is 4.66. The summed E-state index contributed by atoms with van der Waals surface area (Å²) in [4.78, 5) is 13.7. The molecule has 2 aliphatic rings. The molecular weight excluding hydrogens is 256 g/mol. The molecule has 1 amide bonds. The van der Waals surface area contributed by atoms with E-state index in [1.807, 2.05) is 23.1 Å². The summed E-state index contributed by atoms with van der Waals surface area (Å²) in [7, 11) is 3.25. The minimum Gasteiger partial charge on any atom is -0.497 e. The number of fused-ring (bicyclic) bond motifs is 1. The third-order valence-electron chi connectivity index (χ3n) is 4.52. The Kier molecular flexibility index (Phi) is 3.09. The molecule has 1 aromatic rings. The number of nitrogens with two attached hydrogens (primary N) is 1. The normalized spacial score (nSPS) is 30.9. The largest absolute Gasteiger partial charge is 0.497 e. The molecule has 1 aliphatic heterocycles. The zero-order valence-corrected chi connectivity index (χ0v) is 12.0. The van der Waals surface area contributed by atoms with E-state index >= 15 is 0 Å². The highest BCUT2D eigenvalue weighted by atomic mass is 16.5. The van der Waals surface area contributed by atoms with Crippen molar-refractivity contribution in [3.63, 3.8) is 0 Å². The molecule has 0 bridgehead atoms. The van der Waals surface area contributed by atoms with Crippen LogP contribution in [0.15, 0.2) is 18.2 Å². The number of hydrogen-bond donors (Lipinski definition) is 1. The van der Waals surface area contributed by atoms with Gasteiger partial charge in [-0.3, -0.25) is 4.79 Å². The minimum atomic E-state index is 0.0384. The van der Waals surface area contributed by atoms with Crippen LogP contribution >= 0.6 is 0 Å². The Morgan fingerprint density at radius 2 is 1.85 bits per heavy atom. The number of carbonyl (C=O) groups is 1. The maximum absolute atomic E-state index is 11.8. The SMILES string of the molecule is COc1cc(OC)cc(C2C3C(N)C3CN2C(C)=O)c1. The summed E-state index contributed by atoms with van der Waals surface area (Å²) in [6, 6.07) is 6.01. The predicted molar refractivity (Wildman–Crippen MR) is 74.6 cm³/mol. The van der Waals surface area contributed by atoms with Gasteiger partial charge >= 0.3 is 0 Å². The highest BCUT2D eigenvalue weighted by Crippen LogP contribution is 2.56. The topological polar surface area (TPSA) is 64.8 Å². The van der Waals surface area contributed by atoms with Gasteiger partial charge in [0.1, 0.15) is 11.5 Å². The van der Waals surface area contributed by atoms with Gasteiger partial charge in [0, 0.05) is 31.5 Å². The van der Waals surface area contributed by atoms with Gasteiger partial charge in [0.25, 0.3) is 0 Å². The van der Waals surface area contributed by atoms with Crippen molar-refractivity contribution in [2.75, 3.05) is 20.8 Å². The monoisotopic (exact) mass is 276 g/mol. The van der Waals surface area contributed by atoms with Gasteiger partial charge in [-0.1, -0.05) is 0 Å². The third kappa shape index (κ3) is 1.93. The smallest absolute Gasteiger partial charge is 0.219 e. The number of nitrogens with zero attached hydrogens (tertiary/aromatic N) is 1. The Morgan fingerprint density at radius 1 is 1.25 bits per heavy atom. The van der Waals surface area contributed by atoms with Crippen molar-refractivity contribution < 1.29 is 14.3 Å². The van der Waals surface area contributed by atoms with Crippen LogP contribution in [0, 0.1) is 11.8 Å². The Labute approximate surface area is 118 Å². The van der Waals surface area contributed by atoms with Crippen LogP contribution < -0.4 is 15.2 Å². The first-order chi connectivity index (χ1) is 9.56. The average molecular weight is 276 g/mol. The van der Waals surface area contributed by atoms with Crippen molar-refractivity contribution in [2.45, 2.75) is 19.0 Å². The van der Waals surface area contributed by atoms with Gasteiger partial charge in [0.15, 0.2) is 0 Å². The van der Waals surface area contributed by atoms with Crippen LogP contribution in [0.25, 0.3) is 0 Å². The van der Waals surface area contributed by atoms with Crippen molar-refractivity contribution in [3.8, 4) is 11.5 Å². The number of carbonyl (C=O) groups excluding carboxylic acids is 1. The first-order valence-electron chi connectivity index (χ1n) is 6.82. The Bertz CT molecular complexity index is 524. The molecule has 1 aromatic carbocycles. The van der Waals surface area contributed by atoms with E-state index in [0.717, 1.165) is 23.6 Å². The number of piperidine rings is 1. The highest BCUT2D eigenvalue weighted by Gasteiger charge is 2.60. The summed E-state index contributed by atoms with van der Waals surface area (Å²) in [6.07, 6.45) is 0. The molecule has 108 valence electrons. The summed E-state index contributed by atoms with van der Waals surface area (Å²) in [6.45, 7) is 2.37. The van der Waals surface area contributed by atoms with Gasteiger partial charge < -0.3 is 20.1 Å². The van der Waals surface area contributed by atoms with Gasteiger partial charge in [-0.15, -0.1) is 0 Å². The van der Waals surface area contributed by atoms with Crippen molar-refractivity contribution in [1.82, 2.24) is 4.90 Å². The minimum absolute atomic E-state index is 0.0384. The molecule has 2 fully saturated rings. The lowest BCUT2D eigenvalue weighted by Gasteiger charge is -2.28. The maximum Gasteiger partial charge on any atom is 0.219 e. The van der Waals surface area contributed by atoms with E-state index in [-0.39, 0.29) is 18.0 Å². The molecule has 1 heterocycles. The summed E-state index contributed by atoms with van der Waals surface area (Å²) < 4.78 is 10.6. The molecular formula is C15H20N2O3. The van der Waals surface area contributed by atoms with Crippen molar-refractivity contribution in [1.29, 1.82) is 0 Å². The maximum atomic E-state index is 11.8. The highest BCUT2D eigenvalue weighted by molar-refractivity contribution is 5.75. The van der Waals surface area contributed by atoms with E-state index in [4.69, 9.17) is 15.2 Å². The molecule has 1 aliphatic carbocycles. The van der Waals surface area contributed by atoms with Crippen molar-refractivity contribution in [2.24, 2.45) is 17.6 Å². The van der Waals surface area contributed by atoms with Crippen LogP contribution in [-0.4, -0.2) is 37.6 Å². The second-order valence-corrected chi connectivity index (χ2v) is 5.58. The van der Waals surface area contributed by atoms with E-state index in [1.54, 1.807) is 21.1 Å². The fourth-order valence-corrected chi connectivity index (χ4v) is 3.39. The molecule has 4 atom stereocenters. The van der Waals surface area contributed by atoms with Crippen LogP contribution in [0.2, 0.25) is 0 Å². The first-order valence-corrected chi connectivity index (χ1v) is 6.82. The lowest BCUT2D eigenvalue weighted by Crippen LogP contribution is -2.35. The zero-order chi connectivity index (χ0) is 14.4. The average Bonchev–Trinajstić information content (AvgIpc) is 2.90. The number of ether oxygens (including phenoxy) is 2. The molecule has 2 N–H and O–H groups in total. The summed E-state index contributed by atoms with van der Waals surface area (Å²) in [5.41, 5.74) is 7.14. The molecule has 5 heteroatoms. The lowest BCUT2D eigenvalue weighted by molar-refractivity contribution is -0.130. The quantitative estimate of drug-likeness (QED) is 0.900. The van der Waals surface area contributed by atoms with Crippen molar-refractivity contribution in [3.05, 3.63) is 23.8 Å². The summed E-state index contributed by atoms with van der Waals surface area (Å²) >= 11 is 0. The Morgan fingerprint density at radius 3 is 2.35 bits per heavy atom. The standard InChI is InChI=1S/C15H20N2O3/c1-8(18)17-7-12-13(14(12)16)15(17)9-4-10(19-2)6-11(5-9)20-3/h4-6,12-15H,7,16H2,1-3H3. The number of amides is 1. The van der Waals surface area contributed by atoms with E-state index in [2.05, 4.69) is 0 Å². The number of hydrogen-bond acceptors (Lipinski definition) is 4. The van der Waals surface area contributed by atoms with E-state index in [1.165, 1.54) is 0 Å². The molecule has 4 unspecified atom stereocenters. The van der Waals surface area contributed by atoms with Gasteiger partial charge in [0.2, 0.25) is 5.91 Å². The second-order valence-electron chi connectivity index (χ2n) is 5.58. The van der Waals surface area contributed by atoms with E-state index in [0.29, 0.717) is 11.8 Å². The molecule has 0 spiro atoms. The van der Waals surface area contributed by atoms with E-state index < -0.39 is 0 Å². The van der Waals surface area contributed by atoms with Crippen molar-refractivity contribution >= 4 is 5.91 Å². The fraction of sp³-hybridized carbons (Fsp3) is 0.533. The van der Waals surface area contributed by atoms with Crippen LogP contribution in [0.1, 0.15) is 18.5 Å².